The van der Waals surface area contributed by atoms with Gasteiger partial charge in [0.1, 0.15) is 0 Å². The molecule has 2 aromatic rings. The lowest BCUT2D eigenvalue weighted by Crippen LogP contribution is -2.34. The van der Waals surface area contributed by atoms with Gasteiger partial charge in [-0.3, -0.25) is 4.79 Å². The van der Waals surface area contributed by atoms with E-state index in [0.29, 0.717) is 5.92 Å². The number of carboxylic acid groups (broad SMARTS) is 1. The number of carboxylic acids is 1. The molecule has 2 N–H and O–H groups in total. The van der Waals surface area contributed by atoms with E-state index in [-0.39, 0.29) is 11.8 Å². The number of hydrogen-bond acceptors (Lipinski definition) is 1. The maximum absolute atomic E-state index is 11.6. The summed E-state index contributed by atoms with van der Waals surface area (Å²) in [5, 5.41) is 10.8. The van der Waals surface area contributed by atoms with Gasteiger partial charge < -0.3 is 10.1 Å². The van der Waals surface area contributed by atoms with Crippen LogP contribution in [0.15, 0.2) is 30.9 Å². The number of H-pyrrole nitrogens is 1. The molecular formula is C21H27NO2. The van der Waals surface area contributed by atoms with E-state index in [2.05, 4.69) is 43.6 Å². The van der Waals surface area contributed by atoms with Crippen molar-refractivity contribution in [2.24, 2.45) is 0 Å². The van der Waals surface area contributed by atoms with Crippen molar-refractivity contribution in [3.05, 3.63) is 47.7 Å². The summed E-state index contributed by atoms with van der Waals surface area (Å²) in [6.45, 7) is 8.21. The summed E-state index contributed by atoms with van der Waals surface area (Å²) < 4.78 is 0. The van der Waals surface area contributed by atoms with E-state index in [9.17, 15) is 9.90 Å². The predicted molar refractivity (Wildman–Crippen MR) is 98.7 cm³/mol. The van der Waals surface area contributed by atoms with Crippen molar-refractivity contribution in [2.75, 3.05) is 0 Å². The number of allylic oxidation sites excluding steroid dienone is 1. The fourth-order valence-corrected chi connectivity index (χ4v) is 4.54. The zero-order valence-electron chi connectivity index (χ0n) is 14.7. The molecule has 128 valence electrons. The predicted octanol–water partition coefficient (Wildman–Crippen LogP) is 5.31. The zero-order chi connectivity index (χ0) is 17.3. The Morgan fingerprint density at radius 3 is 2.88 bits per heavy atom. The third-order valence-corrected chi connectivity index (χ3v) is 5.87. The fourth-order valence-electron chi connectivity index (χ4n) is 4.54. The minimum atomic E-state index is -0.709. The van der Waals surface area contributed by atoms with Gasteiger partial charge in [0.25, 0.3) is 0 Å². The molecule has 24 heavy (non-hydrogen) atoms. The van der Waals surface area contributed by atoms with Crippen molar-refractivity contribution in [2.45, 2.75) is 63.7 Å². The third-order valence-electron chi connectivity index (χ3n) is 5.87. The van der Waals surface area contributed by atoms with Gasteiger partial charge in [-0.25, -0.2) is 0 Å². The number of aryl methyl sites for hydroxylation is 1. The molecule has 1 aromatic heterocycles. The number of aliphatic carboxylic acids is 1. The Balaban J connectivity index is 2.28. The number of para-hydroxylation sites is 1. The number of hydrogen-bond donors (Lipinski definition) is 2. The van der Waals surface area contributed by atoms with E-state index in [1.807, 2.05) is 6.08 Å². The number of carbonyl (C=O) groups is 1. The van der Waals surface area contributed by atoms with Crippen LogP contribution in [0.3, 0.4) is 0 Å². The van der Waals surface area contributed by atoms with E-state index in [1.54, 1.807) is 0 Å². The third kappa shape index (κ3) is 2.56. The van der Waals surface area contributed by atoms with Crippen molar-refractivity contribution >= 4 is 16.9 Å². The first-order valence-corrected chi connectivity index (χ1v) is 9.03. The van der Waals surface area contributed by atoms with Gasteiger partial charge in [0.15, 0.2) is 0 Å². The summed E-state index contributed by atoms with van der Waals surface area (Å²) in [4.78, 5) is 15.2. The molecular weight excluding hydrogens is 298 g/mol. The second-order valence-electron chi connectivity index (χ2n) is 7.07. The number of benzene rings is 1. The van der Waals surface area contributed by atoms with Crippen LogP contribution in [0.25, 0.3) is 10.9 Å². The van der Waals surface area contributed by atoms with Crippen molar-refractivity contribution in [1.29, 1.82) is 0 Å². The minimum absolute atomic E-state index is 0.200. The molecule has 3 nitrogen and oxygen atoms in total. The average molecular weight is 325 g/mol. The molecule has 1 heterocycles. The van der Waals surface area contributed by atoms with Crippen LogP contribution in [0.4, 0.5) is 0 Å². The average Bonchev–Trinajstić information content (AvgIpc) is 2.97. The molecule has 0 saturated carbocycles. The van der Waals surface area contributed by atoms with E-state index in [0.717, 1.165) is 32.1 Å². The molecule has 0 saturated heterocycles. The minimum Gasteiger partial charge on any atom is -0.481 e. The Bertz CT molecular complexity index is 773. The Labute approximate surface area is 143 Å². The van der Waals surface area contributed by atoms with Gasteiger partial charge in [-0.2, -0.15) is 0 Å². The van der Waals surface area contributed by atoms with Gasteiger partial charge in [0, 0.05) is 22.0 Å². The van der Waals surface area contributed by atoms with Gasteiger partial charge in [0.2, 0.25) is 0 Å². The molecule has 2 atom stereocenters. The van der Waals surface area contributed by atoms with Gasteiger partial charge in [-0.15, -0.1) is 6.58 Å². The molecule has 0 spiro atoms. The number of fused-ring (bicyclic) bond motifs is 3. The maximum atomic E-state index is 11.6. The number of aromatic nitrogens is 1. The molecule has 1 aliphatic rings. The lowest BCUT2D eigenvalue weighted by molar-refractivity contribution is -0.138. The van der Waals surface area contributed by atoms with Crippen molar-refractivity contribution < 1.29 is 9.90 Å². The van der Waals surface area contributed by atoms with Gasteiger partial charge >= 0.3 is 5.97 Å². The van der Waals surface area contributed by atoms with E-state index < -0.39 is 5.97 Å². The summed E-state index contributed by atoms with van der Waals surface area (Å²) in [5.41, 5.74) is 4.74. The van der Waals surface area contributed by atoms with Crippen LogP contribution in [-0.4, -0.2) is 16.1 Å². The smallest absolute Gasteiger partial charge is 0.304 e. The monoisotopic (exact) mass is 325 g/mol. The highest BCUT2D eigenvalue weighted by atomic mass is 16.4. The van der Waals surface area contributed by atoms with Crippen LogP contribution in [0.2, 0.25) is 0 Å². The topological polar surface area (TPSA) is 53.1 Å². The van der Waals surface area contributed by atoms with Gasteiger partial charge in [-0.1, -0.05) is 38.1 Å². The lowest BCUT2D eigenvalue weighted by atomic mass is 9.65. The number of rotatable bonds is 6. The quantitative estimate of drug-likeness (QED) is 0.707. The molecule has 0 bridgehead atoms. The Hall–Kier alpha value is -2.03. The van der Waals surface area contributed by atoms with Crippen molar-refractivity contribution in [3.63, 3.8) is 0 Å². The summed E-state index contributed by atoms with van der Waals surface area (Å²) in [7, 11) is 0. The van der Waals surface area contributed by atoms with Gasteiger partial charge in [0.05, 0.1) is 6.42 Å². The summed E-state index contributed by atoms with van der Waals surface area (Å²) in [6, 6.07) is 6.48. The number of nitrogens with one attached hydrogen (secondary N) is 1. The van der Waals surface area contributed by atoms with E-state index >= 15 is 0 Å². The van der Waals surface area contributed by atoms with Crippen LogP contribution in [0.5, 0.6) is 0 Å². The van der Waals surface area contributed by atoms with Crippen LogP contribution < -0.4 is 0 Å². The SMILES string of the molecule is C=CC[C@@H]1CC[C@](CC)(CC(=O)O)c2[nH]c3c(CC)cccc3c21. The Morgan fingerprint density at radius 1 is 1.46 bits per heavy atom. The first kappa shape index (κ1) is 16.8. The molecule has 0 radical (unpaired) electrons. The molecule has 3 heteroatoms. The van der Waals surface area contributed by atoms with Crippen LogP contribution >= 0.6 is 0 Å². The maximum Gasteiger partial charge on any atom is 0.304 e. The summed E-state index contributed by atoms with van der Waals surface area (Å²) in [6.07, 6.45) is 6.92. The summed E-state index contributed by atoms with van der Waals surface area (Å²) >= 11 is 0. The van der Waals surface area contributed by atoms with Crippen molar-refractivity contribution in [3.8, 4) is 0 Å². The second kappa shape index (κ2) is 6.46. The molecule has 1 aliphatic carbocycles. The zero-order valence-corrected chi connectivity index (χ0v) is 14.7. The highest BCUT2D eigenvalue weighted by molar-refractivity contribution is 5.89. The van der Waals surface area contributed by atoms with Crippen LogP contribution in [-0.2, 0) is 16.6 Å². The van der Waals surface area contributed by atoms with E-state index in [4.69, 9.17) is 0 Å². The van der Waals surface area contributed by atoms with Gasteiger partial charge in [-0.05, 0) is 49.1 Å². The highest BCUT2D eigenvalue weighted by Crippen LogP contribution is 2.50. The first-order valence-electron chi connectivity index (χ1n) is 9.03. The molecule has 0 unspecified atom stereocenters. The standard InChI is InChI=1S/C21H27NO2/c1-4-8-15-11-12-21(6-3,13-17(23)24)20-18(15)16-10-7-9-14(5-2)19(16)22-20/h4,7,9-10,15,22H,1,5-6,8,11-13H2,2-3H3,(H,23,24)/t15-,21-/m1/s1. The van der Waals surface area contributed by atoms with E-state index in [1.165, 1.54) is 27.7 Å². The molecule has 0 fully saturated rings. The van der Waals surface area contributed by atoms with Crippen LogP contribution in [0.1, 0.15) is 68.7 Å². The number of aromatic amines is 1. The first-order chi connectivity index (χ1) is 11.6. The largest absolute Gasteiger partial charge is 0.481 e. The Kier molecular flexibility index (Phi) is 4.53. The van der Waals surface area contributed by atoms with Crippen LogP contribution in [0, 0.1) is 0 Å². The molecule has 3 rings (SSSR count). The lowest BCUT2D eigenvalue weighted by Gasteiger charge is -2.38. The normalized spacial score (nSPS) is 23.2. The Morgan fingerprint density at radius 2 is 2.25 bits per heavy atom. The van der Waals surface area contributed by atoms with Crippen molar-refractivity contribution in [1.82, 2.24) is 4.98 Å². The highest BCUT2D eigenvalue weighted by Gasteiger charge is 2.42. The fraction of sp³-hybridized carbons (Fsp3) is 0.476. The molecule has 1 aromatic carbocycles. The second-order valence-corrected chi connectivity index (χ2v) is 7.07. The summed E-state index contributed by atoms with van der Waals surface area (Å²) in [5.74, 6) is -0.272. The molecule has 0 amide bonds. The molecule has 0 aliphatic heterocycles.